The number of imide groups is 1. The van der Waals surface area contributed by atoms with Crippen LogP contribution in [0.4, 0.5) is 10.5 Å². The molecule has 1 saturated heterocycles. The summed E-state index contributed by atoms with van der Waals surface area (Å²) < 4.78 is 0. The molecular formula is C22H23N3O3. The smallest absolute Gasteiger partial charge is 0.325 e. The first-order chi connectivity index (χ1) is 13.4. The van der Waals surface area contributed by atoms with Crippen LogP contribution in [0.1, 0.15) is 35.6 Å². The van der Waals surface area contributed by atoms with Crippen molar-refractivity contribution in [3.8, 4) is 0 Å². The number of aryl methyl sites for hydroxylation is 3. The molecule has 1 aliphatic carbocycles. The second-order valence-electron chi connectivity index (χ2n) is 7.70. The summed E-state index contributed by atoms with van der Waals surface area (Å²) >= 11 is 0. The molecule has 1 unspecified atom stereocenters. The highest BCUT2D eigenvalue weighted by atomic mass is 16.2. The van der Waals surface area contributed by atoms with Crippen LogP contribution >= 0.6 is 0 Å². The van der Waals surface area contributed by atoms with Gasteiger partial charge < -0.3 is 10.6 Å². The summed E-state index contributed by atoms with van der Waals surface area (Å²) in [4.78, 5) is 38.9. The molecule has 4 amide bonds. The van der Waals surface area contributed by atoms with Gasteiger partial charge in [0.25, 0.3) is 5.91 Å². The van der Waals surface area contributed by atoms with E-state index in [1.165, 1.54) is 11.1 Å². The third-order valence-corrected chi connectivity index (χ3v) is 5.55. The summed E-state index contributed by atoms with van der Waals surface area (Å²) in [6.45, 7) is 3.30. The van der Waals surface area contributed by atoms with Crippen LogP contribution in [0.5, 0.6) is 0 Å². The molecule has 2 aromatic rings. The van der Waals surface area contributed by atoms with Crippen LogP contribution in [-0.4, -0.2) is 29.3 Å². The average molecular weight is 377 g/mol. The average Bonchev–Trinajstić information content (AvgIpc) is 3.20. The number of amides is 4. The van der Waals surface area contributed by atoms with Gasteiger partial charge in [0, 0.05) is 5.69 Å². The Labute approximate surface area is 163 Å². The lowest BCUT2D eigenvalue weighted by molar-refractivity contribution is -0.133. The Morgan fingerprint density at radius 3 is 2.71 bits per heavy atom. The van der Waals surface area contributed by atoms with Crippen molar-refractivity contribution in [2.24, 2.45) is 0 Å². The second kappa shape index (κ2) is 6.78. The molecule has 2 aromatic carbocycles. The number of fused-ring (bicyclic) bond motifs is 1. The zero-order chi connectivity index (χ0) is 19.9. The van der Waals surface area contributed by atoms with E-state index in [2.05, 4.69) is 10.6 Å². The van der Waals surface area contributed by atoms with E-state index in [9.17, 15) is 14.4 Å². The number of nitrogens with one attached hydrogen (secondary N) is 2. The van der Waals surface area contributed by atoms with Gasteiger partial charge in [0.1, 0.15) is 12.1 Å². The van der Waals surface area contributed by atoms with Crippen LogP contribution in [0.25, 0.3) is 0 Å². The van der Waals surface area contributed by atoms with Gasteiger partial charge >= 0.3 is 6.03 Å². The SMILES string of the molecule is Cc1cccc(NC(=O)CN2C(=O)NC(C)(c3ccc4c(c3)CCC4)C2=O)c1. The summed E-state index contributed by atoms with van der Waals surface area (Å²) in [5, 5.41) is 5.51. The zero-order valence-electron chi connectivity index (χ0n) is 16.0. The molecular weight excluding hydrogens is 354 g/mol. The minimum absolute atomic E-state index is 0.320. The van der Waals surface area contributed by atoms with Crippen molar-refractivity contribution in [1.29, 1.82) is 0 Å². The maximum Gasteiger partial charge on any atom is 0.325 e. The van der Waals surface area contributed by atoms with Crippen molar-refractivity contribution >= 4 is 23.5 Å². The summed E-state index contributed by atoms with van der Waals surface area (Å²) in [5.74, 6) is -0.817. The highest BCUT2D eigenvalue weighted by molar-refractivity contribution is 6.10. The lowest BCUT2D eigenvalue weighted by Crippen LogP contribution is -2.42. The summed E-state index contributed by atoms with van der Waals surface area (Å²) in [6, 6.07) is 12.8. The molecule has 0 saturated carbocycles. The number of carbonyl (C=O) groups is 3. The quantitative estimate of drug-likeness (QED) is 0.804. The number of rotatable bonds is 4. The lowest BCUT2D eigenvalue weighted by Gasteiger charge is -2.23. The van der Waals surface area contributed by atoms with E-state index < -0.39 is 23.4 Å². The first-order valence-electron chi connectivity index (χ1n) is 9.50. The number of carbonyl (C=O) groups excluding carboxylic acids is 3. The maximum absolute atomic E-state index is 13.0. The Bertz CT molecular complexity index is 985. The molecule has 1 fully saturated rings. The van der Waals surface area contributed by atoms with Crippen LogP contribution in [0.15, 0.2) is 42.5 Å². The molecule has 144 valence electrons. The van der Waals surface area contributed by atoms with E-state index in [0.29, 0.717) is 5.69 Å². The Hall–Kier alpha value is -3.15. The van der Waals surface area contributed by atoms with Gasteiger partial charge in [-0.1, -0.05) is 30.3 Å². The number of hydrogen-bond donors (Lipinski definition) is 2. The molecule has 0 aromatic heterocycles. The molecule has 4 rings (SSSR count). The molecule has 6 heteroatoms. The van der Waals surface area contributed by atoms with Crippen LogP contribution in [0.3, 0.4) is 0 Å². The predicted octanol–water partition coefficient (Wildman–Crippen LogP) is 2.89. The number of hydrogen-bond acceptors (Lipinski definition) is 3. The van der Waals surface area contributed by atoms with Crippen molar-refractivity contribution in [3.05, 3.63) is 64.7 Å². The second-order valence-corrected chi connectivity index (χ2v) is 7.70. The summed E-state index contributed by atoms with van der Waals surface area (Å²) in [6.07, 6.45) is 3.16. The fraction of sp³-hybridized carbons (Fsp3) is 0.318. The number of urea groups is 1. The van der Waals surface area contributed by atoms with Crippen LogP contribution in [0.2, 0.25) is 0 Å². The Balaban J connectivity index is 1.51. The first-order valence-corrected chi connectivity index (χ1v) is 9.50. The fourth-order valence-electron chi connectivity index (χ4n) is 3.99. The van der Waals surface area contributed by atoms with Crippen molar-refractivity contribution in [2.45, 2.75) is 38.6 Å². The monoisotopic (exact) mass is 377 g/mol. The molecule has 28 heavy (non-hydrogen) atoms. The fourth-order valence-corrected chi connectivity index (χ4v) is 3.99. The molecule has 2 aliphatic rings. The molecule has 6 nitrogen and oxygen atoms in total. The minimum atomic E-state index is -1.15. The first kappa shape index (κ1) is 18.2. The minimum Gasteiger partial charge on any atom is -0.325 e. The Morgan fingerprint density at radius 2 is 1.93 bits per heavy atom. The molecule has 0 bridgehead atoms. The molecule has 0 radical (unpaired) electrons. The largest absolute Gasteiger partial charge is 0.325 e. The summed E-state index contributed by atoms with van der Waals surface area (Å²) in [5.41, 5.74) is 3.79. The van der Waals surface area contributed by atoms with Gasteiger partial charge in [-0.2, -0.15) is 0 Å². The van der Waals surface area contributed by atoms with Crippen molar-refractivity contribution in [1.82, 2.24) is 10.2 Å². The van der Waals surface area contributed by atoms with E-state index in [4.69, 9.17) is 0 Å². The predicted molar refractivity (Wildman–Crippen MR) is 106 cm³/mol. The van der Waals surface area contributed by atoms with Gasteiger partial charge in [0.2, 0.25) is 5.91 Å². The Kier molecular flexibility index (Phi) is 4.41. The van der Waals surface area contributed by atoms with Crippen molar-refractivity contribution < 1.29 is 14.4 Å². The maximum atomic E-state index is 13.0. The van der Waals surface area contributed by atoms with Gasteiger partial charge in [-0.05, 0) is 67.5 Å². The normalized spacial score (nSPS) is 20.9. The number of anilines is 1. The summed E-state index contributed by atoms with van der Waals surface area (Å²) in [7, 11) is 0. The van der Waals surface area contributed by atoms with Gasteiger partial charge in [0.15, 0.2) is 0 Å². The molecule has 1 atom stereocenters. The van der Waals surface area contributed by atoms with Crippen molar-refractivity contribution in [3.63, 3.8) is 0 Å². The zero-order valence-corrected chi connectivity index (χ0v) is 16.0. The standard InChI is InChI=1S/C22H23N3O3/c1-14-5-3-8-18(11-14)23-19(26)13-25-20(27)22(2,24-21(25)28)17-10-9-15-6-4-7-16(15)12-17/h3,5,8-12H,4,6-7,13H2,1-2H3,(H,23,26)(H,24,28). The van der Waals surface area contributed by atoms with Gasteiger partial charge in [-0.15, -0.1) is 0 Å². The molecule has 1 heterocycles. The van der Waals surface area contributed by atoms with Crippen molar-refractivity contribution in [2.75, 3.05) is 11.9 Å². The van der Waals surface area contributed by atoms with Gasteiger partial charge in [-0.25, -0.2) is 4.79 Å². The molecule has 1 aliphatic heterocycles. The topological polar surface area (TPSA) is 78.5 Å². The third-order valence-electron chi connectivity index (χ3n) is 5.55. The highest BCUT2D eigenvalue weighted by Crippen LogP contribution is 2.32. The van der Waals surface area contributed by atoms with Gasteiger partial charge in [0.05, 0.1) is 0 Å². The van der Waals surface area contributed by atoms with E-state index in [1.807, 2.05) is 43.3 Å². The Morgan fingerprint density at radius 1 is 1.14 bits per heavy atom. The lowest BCUT2D eigenvalue weighted by atomic mass is 9.89. The number of nitrogens with zero attached hydrogens (tertiary/aromatic N) is 1. The van der Waals surface area contributed by atoms with Crippen LogP contribution in [-0.2, 0) is 28.0 Å². The van der Waals surface area contributed by atoms with E-state index in [0.717, 1.165) is 35.3 Å². The molecule has 0 spiro atoms. The van der Waals surface area contributed by atoms with E-state index in [-0.39, 0.29) is 6.54 Å². The molecule has 2 N–H and O–H groups in total. The highest BCUT2D eigenvalue weighted by Gasteiger charge is 2.49. The van der Waals surface area contributed by atoms with E-state index >= 15 is 0 Å². The van der Waals surface area contributed by atoms with Crippen LogP contribution < -0.4 is 10.6 Å². The van der Waals surface area contributed by atoms with E-state index in [1.54, 1.807) is 13.0 Å². The van der Waals surface area contributed by atoms with Crippen LogP contribution in [0, 0.1) is 6.92 Å². The number of benzene rings is 2. The van der Waals surface area contributed by atoms with Gasteiger partial charge in [-0.3, -0.25) is 14.5 Å². The third kappa shape index (κ3) is 3.15.